The molecule has 2 aliphatic heterocycles. The Hall–Kier alpha value is -2.76. The van der Waals surface area contributed by atoms with E-state index in [4.69, 9.17) is 0 Å². The molecule has 2 saturated heterocycles. The lowest BCUT2D eigenvalue weighted by Gasteiger charge is -2.46. The van der Waals surface area contributed by atoms with E-state index in [9.17, 15) is 9.59 Å². The molecule has 2 aliphatic rings. The first kappa shape index (κ1) is 16.7. The number of benzene rings is 1. The second-order valence-electron chi connectivity index (χ2n) is 7.15. The van der Waals surface area contributed by atoms with Gasteiger partial charge < -0.3 is 9.80 Å². The number of aromatic nitrogens is 2. The zero-order valence-electron chi connectivity index (χ0n) is 14.8. The van der Waals surface area contributed by atoms with Gasteiger partial charge in [-0.15, -0.1) is 0 Å². The molecule has 26 heavy (non-hydrogen) atoms. The Balaban J connectivity index is 1.56. The van der Waals surface area contributed by atoms with Gasteiger partial charge in [-0.3, -0.25) is 9.59 Å². The fourth-order valence-electron chi connectivity index (χ4n) is 4.48. The topological polar surface area (TPSA) is 66.4 Å². The number of hydrogen-bond acceptors (Lipinski definition) is 4. The van der Waals surface area contributed by atoms with Crippen molar-refractivity contribution in [3.63, 3.8) is 0 Å². The smallest absolute Gasteiger partial charge is 0.255 e. The average molecular weight is 350 g/mol. The SMILES string of the molecule is CN1C(=O)C[C@H](c2ccccc2)C12CCN(C(=O)c1ccnnc1)CC2. The van der Waals surface area contributed by atoms with Gasteiger partial charge in [-0.05, 0) is 24.5 Å². The van der Waals surface area contributed by atoms with Gasteiger partial charge in [-0.1, -0.05) is 30.3 Å². The van der Waals surface area contributed by atoms with Crippen LogP contribution in [-0.2, 0) is 4.79 Å². The highest BCUT2D eigenvalue weighted by Crippen LogP contribution is 2.48. The van der Waals surface area contributed by atoms with Gasteiger partial charge in [0.25, 0.3) is 5.91 Å². The van der Waals surface area contributed by atoms with Crippen molar-refractivity contribution in [2.24, 2.45) is 0 Å². The van der Waals surface area contributed by atoms with Crippen molar-refractivity contribution >= 4 is 11.8 Å². The number of rotatable bonds is 2. The average Bonchev–Trinajstić information content (AvgIpc) is 2.94. The zero-order chi connectivity index (χ0) is 18.1. The minimum Gasteiger partial charge on any atom is -0.339 e. The Labute approximate surface area is 152 Å². The van der Waals surface area contributed by atoms with Crippen molar-refractivity contribution < 1.29 is 9.59 Å². The standard InChI is InChI=1S/C20H22N4O2/c1-23-18(25)13-17(15-5-3-2-4-6-15)20(23)8-11-24(12-9-20)19(26)16-7-10-21-22-14-16/h2-7,10,14,17H,8-9,11-13H2,1H3/t17-/m1/s1. The molecular formula is C20H22N4O2. The summed E-state index contributed by atoms with van der Waals surface area (Å²) in [7, 11) is 1.91. The highest BCUT2D eigenvalue weighted by Gasteiger charge is 2.52. The first-order valence-electron chi connectivity index (χ1n) is 8.99. The van der Waals surface area contributed by atoms with Gasteiger partial charge in [0, 0.05) is 32.5 Å². The van der Waals surface area contributed by atoms with Crippen molar-refractivity contribution in [2.75, 3.05) is 20.1 Å². The highest BCUT2D eigenvalue weighted by atomic mass is 16.2. The van der Waals surface area contributed by atoms with E-state index in [1.54, 1.807) is 6.07 Å². The molecule has 1 aromatic carbocycles. The van der Waals surface area contributed by atoms with E-state index >= 15 is 0 Å². The van der Waals surface area contributed by atoms with Gasteiger partial charge in [0.1, 0.15) is 0 Å². The van der Waals surface area contributed by atoms with E-state index in [1.165, 1.54) is 18.0 Å². The molecule has 2 amide bonds. The fraction of sp³-hybridized carbons (Fsp3) is 0.400. The number of hydrogen-bond donors (Lipinski definition) is 0. The number of amides is 2. The van der Waals surface area contributed by atoms with Crippen molar-refractivity contribution in [1.29, 1.82) is 0 Å². The van der Waals surface area contributed by atoms with E-state index < -0.39 is 0 Å². The molecule has 2 aromatic rings. The van der Waals surface area contributed by atoms with Crippen molar-refractivity contribution in [3.8, 4) is 0 Å². The molecule has 0 bridgehead atoms. The molecule has 0 saturated carbocycles. The fourth-order valence-corrected chi connectivity index (χ4v) is 4.48. The van der Waals surface area contributed by atoms with Crippen LogP contribution < -0.4 is 0 Å². The largest absolute Gasteiger partial charge is 0.339 e. The monoisotopic (exact) mass is 350 g/mol. The normalized spacial score (nSPS) is 22.0. The Morgan fingerprint density at radius 2 is 1.85 bits per heavy atom. The molecule has 134 valence electrons. The number of likely N-dealkylation sites (tertiary alicyclic amines) is 2. The molecule has 1 spiro atoms. The molecular weight excluding hydrogens is 328 g/mol. The number of carbonyl (C=O) groups is 2. The van der Waals surface area contributed by atoms with Crippen LogP contribution >= 0.6 is 0 Å². The maximum Gasteiger partial charge on any atom is 0.255 e. The zero-order valence-corrected chi connectivity index (χ0v) is 14.8. The molecule has 2 fully saturated rings. The lowest BCUT2D eigenvalue weighted by Crippen LogP contribution is -2.55. The highest BCUT2D eigenvalue weighted by molar-refractivity contribution is 5.94. The second-order valence-corrected chi connectivity index (χ2v) is 7.15. The van der Waals surface area contributed by atoms with E-state index in [-0.39, 0.29) is 23.3 Å². The Morgan fingerprint density at radius 3 is 2.50 bits per heavy atom. The lowest BCUT2D eigenvalue weighted by atomic mass is 9.73. The van der Waals surface area contributed by atoms with E-state index in [0.717, 1.165) is 12.8 Å². The molecule has 6 heteroatoms. The minimum atomic E-state index is -0.203. The molecule has 1 atom stereocenters. The predicted octanol–water partition coefficient (Wildman–Crippen LogP) is 2.10. The third-order valence-corrected chi connectivity index (χ3v) is 6.02. The van der Waals surface area contributed by atoms with Crippen LogP contribution in [-0.4, -0.2) is 57.5 Å². The summed E-state index contributed by atoms with van der Waals surface area (Å²) in [4.78, 5) is 29.0. The van der Waals surface area contributed by atoms with Gasteiger partial charge >= 0.3 is 0 Å². The number of carbonyl (C=O) groups excluding carboxylic acids is 2. The predicted molar refractivity (Wildman–Crippen MR) is 96.5 cm³/mol. The number of nitrogens with zero attached hydrogens (tertiary/aromatic N) is 4. The van der Waals surface area contributed by atoms with Crippen LogP contribution in [0, 0.1) is 0 Å². The number of likely N-dealkylation sites (N-methyl/N-ethyl adjacent to an activating group) is 1. The van der Waals surface area contributed by atoms with E-state index in [1.807, 2.05) is 35.0 Å². The minimum absolute atomic E-state index is 0.0158. The van der Waals surface area contributed by atoms with Gasteiger partial charge in [-0.2, -0.15) is 10.2 Å². The van der Waals surface area contributed by atoms with Gasteiger partial charge in [-0.25, -0.2) is 0 Å². The quantitative estimate of drug-likeness (QED) is 0.832. The summed E-state index contributed by atoms with van der Waals surface area (Å²) in [5.41, 5.74) is 1.57. The van der Waals surface area contributed by atoms with Gasteiger partial charge in [0.05, 0.1) is 23.5 Å². The summed E-state index contributed by atoms with van der Waals surface area (Å²) in [6, 6.07) is 12.0. The third kappa shape index (κ3) is 2.66. The molecule has 1 aromatic heterocycles. The summed E-state index contributed by atoms with van der Waals surface area (Å²) in [6.07, 6.45) is 5.17. The second kappa shape index (κ2) is 6.52. The van der Waals surface area contributed by atoms with Crippen LogP contribution in [0.3, 0.4) is 0 Å². The van der Waals surface area contributed by atoms with Crippen LogP contribution in [0.5, 0.6) is 0 Å². The van der Waals surface area contributed by atoms with Crippen LogP contribution in [0.1, 0.15) is 41.1 Å². The van der Waals surface area contributed by atoms with Crippen LogP contribution in [0.2, 0.25) is 0 Å². The molecule has 0 N–H and O–H groups in total. The van der Waals surface area contributed by atoms with Crippen LogP contribution in [0.25, 0.3) is 0 Å². The van der Waals surface area contributed by atoms with Crippen molar-refractivity contribution in [1.82, 2.24) is 20.0 Å². The summed E-state index contributed by atoms with van der Waals surface area (Å²) in [5, 5.41) is 7.52. The Bertz CT molecular complexity index is 801. The first-order valence-corrected chi connectivity index (χ1v) is 8.99. The van der Waals surface area contributed by atoms with Crippen molar-refractivity contribution in [2.45, 2.75) is 30.7 Å². The van der Waals surface area contributed by atoms with Crippen LogP contribution in [0.15, 0.2) is 48.8 Å². The molecule has 6 nitrogen and oxygen atoms in total. The third-order valence-electron chi connectivity index (χ3n) is 6.02. The maximum atomic E-state index is 12.7. The molecule has 0 radical (unpaired) electrons. The van der Waals surface area contributed by atoms with E-state index in [0.29, 0.717) is 25.1 Å². The summed E-state index contributed by atoms with van der Waals surface area (Å²) in [6.45, 7) is 1.28. The lowest BCUT2D eigenvalue weighted by molar-refractivity contribution is -0.130. The summed E-state index contributed by atoms with van der Waals surface area (Å²) >= 11 is 0. The summed E-state index contributed by atoms with van der Waals surface area (Å²) < 4.78 is 0. The Morgan fingerprint density at radius 1 is 1.12 bits per heavy atom. The first-order chi connectivity index (χ1) is 12.6. The van der Waals surface area contributed by atoms with E-state index in [2.05, 4.69) is 22.3 Å². The number of piperidine rings is 1. The maximum absolute atomic E-state index is 12.7. The molecule has 4 rings (SSSR count). The molecule has 0 unspecified atom stereocenters. The summed E-state index contributed by atoms with van der Waals surface area (Å²) in [5.74, 6) is 0.357. The molecule has 0 aliphatic carbocycles. The van der Waals surface area contributed by atoms with Gasteiger partial charge in [0.2, 0.25) is 5.91 Å². The van der Waals surface area contributed by atoms with Crippen LogP contribution in [0.4, 0.5) is 0 Å². The molecule has 3 heterocycles. The van der Waals surface area contributed by atoms with Gasteiger partial charge in [0.15, 0.2) is 0 Å². The van der Waals surface area contributed by atoms with Crippen molar-refractivity contribution in [3.05, 3.63) is 59.9 Å². The Kier molecular flexibility index (Phi) is 4.18.